The summed E-state index contributed by atoms with van der Waals surface area (Å²) in [7, 11) is 0. The first kappa shape index (κ1) is 14.9. The summed E-state index contributed by atoms with van der Waals surface area (Å²) in [4.78, 5) is 34.6. The molecule has 1 unspecified atom stereocenters. The Labute approximate surface area is 120 Å². The summed E-state index contributed by atoms with van der Waals surface area (Å²) >= 11 is 0. The average molecular weight is 295 g/mol. The third-order valence-electron chi connectivity index (χ3n) is 3.16. The van der Waals surface area contributed by atoms with Crippen LogP contribution in [0.4, 0.5) is 4.79 Å². The maximum atomic E-state index is 11.8. The van der Waals surface area contributed by atoms with E-state index in [0.717, 1.165) is 12.8 Å². The first-order chi connectivity index (χ1) is 9.91. The molecule has 8 nitrogen and oxygen atoms in total. The fourth-order valence-electron chi connectivity index (χ4n) is 1.72. The molecule has 2 rings (SSSR count). The van der Waals surface area contributed by atoms with Crippen LogP contribution in [0.5, 0.6) is 0 Å². The number of carbonyl (C=O) groups is 3. The van der Waals surface area contributed by atoms with Gasteiger partial charge in [0, 0.05) is 6.04 Å². The maximum absolute atomic E-state index is 11.8. The van der Waals surface area contributed by atoms with Gasteiger partial charge in [0.2, 0.25) is 5.91 Å². The van der Waals surface area contributed by atoms with Gasteiger partial charge in [-0.3, -0.25) is 4.79 Å². The van der Waals surface area contributed by atoms with Gasteiger partial charge in [0.05, 0.1) is 12.8 Å². The zero-order chi connectivity index (χ0) is 15.5. The lowest BCUT2D eigenvalue weighted by molar-refractivity contribution is -0.144. The first-order valence-corrected chi connectivity index (χ1v) is 6.54. The molecule has 1 fully saturated rings. The van der Waals surface area contributed by atoms with E-state index in [1.165, 1.54) is 25.3 Å². The number of amides is 3. The van der Waals surface area contributed by atoms with Crippen molar-refractivity contribution in [3.05, 3.63) is 24.2 Å². The number of rotatable bonds is 6. The topological polar surface area (TPSA) is 121 Å². The number of carbonyl (C=O) groups excluding carboxylic acids is 2. The molecule has 0 radical (unpaired) electrons. The van der Waals surface area contributed by atoms with E-state index < -0.39 is 17.5 Å². The molecule has 1 heterocycles. The van der Waals surface area contributed by atoms with Gasteiger partial charge >= 0.3 is 12.0 Å². The van der Waals surface area contributed by atoms with Crippen molar-refractivity contribution in [1.29, 1.82) is 0 Å². The highest BCUT2D eigenvalue weighted by atomic mass is 16.4. The van der Waals surface area contributed by atoms with Crippen molar-refractivity contribution in [1.82, 2.24) is 16.0 Å². The monoisotopic (exact) mass is 295 g/mol. The summed E-state index contributed by atoms with van der Waals surface area (Å²) in [6.45, 7) is 1.09. The molecule has 1 saturated carbocycles. The van der Waals surface area contributed by atoms with E-state index >= 15 is 0 Å². The Bertz CT molecular complexity index is 538. The first-order valence-electron chi connectivity index (χ1n) is 6.54. The van der Waals surface area contributed by atoms with Crippen LogP contribution in [-0.2, 0) is 15.1 Å². The van der Waals surface area contributed by atoms with Crippen LogP contribution >= 0.6 is 0 Å². The van der Waals surface area contributed by atoms with Gasteiger partial charge in [-0.15, -0.1) is 0 Å². The SMILES string of the molecule is CC(NC(=O)NCC(=O)NC1CC1)(C(=O)O)c1ccco1. The number of carboxylic acid groups (broad SMARTS) is 1. The fraction of sp³-hybridized carbons (Fsp3) is 0.462. The van der Waals surface area contributed by atoms with Crippen LogP contribution in [0.25, 0.3) is 0 Å². The Morgan fingerprint density at radius 1 is 1.43 bits per heavy atom. The van der Waals surface area contributed by atoms with Crippen molar-refractivity contribution in [2.45, 2.75) is 31.3 Å². The van der Waals surface area contributed by atoms with E-state index in [2.05, 4.69) is 16.0 Å². The highest BCUT2D eigenvalue weighted by Crippen LogP contribution is 2.21. The quantitative estimate of drug-likeness (QED) is 0.595. The molecule has 4 N–H and O–H groups in total. The molecule has 114 valence electrons. The van der Waals surface area contributed by atoms with Gasteiger partial charge in [-0.25, -0.2) is 9.59 Å². The second-order valence-corrected chi connectivity index (χ2v) is 5.06. The Kier molecular flexibility index (Phi) is 4.15. The van der Waals surface area contributed by atoms with E-state index in [4.69, 9.17) is 4.42 Å². The van der Waals surface area contributed by atoms with E-state index in [-0.39, 0.29) is 24.3 Å². The maximum Gasteiger partial charge on any atom is 0.337 e. The molecule has 3 amide bonds. The summed E-state index contributed by atoms with van der Waals surface area (Å²) in [6.07, 6.45) is 3.22. The van der Waals surface area contributed by atoms with Gasteiger partial charge in [0.15, 0.2) is 5.54 Å². The normalized spacial score (nSPS) is 16.6. The molecule has 1 aromatic rings. The van der Waals surface area contributed by atoms with E-state index in [9.17, 15) is 19.5 Å². The highest BCUT2D eigenvalue weighted by molar-refractivity contribution is 5.88. The molecular weight excluding hydrogens is 278 g/mol. The minimum atomic E-state index is -1.71. The van der Waals surface area contributed by atoms with Gasteiger partial charge in [-0.05, 0) is 31.9 Å². The van der Waals surface area contributed by atoms with Crippen molar-refractivity contribution >= 4 is 17.9 Å². The lowest BCUT2D eigenvalue weighted by atomic mass is 9.99. The Hall–Kier alpha value is -2.51. The van der Waals surface area contributed by atoms with Crippen LogP contribution in [0.3, 0.4) is 0 Å². The van der Waals surface area contributed by atoms with Crippen molar-refractivity contribution in [3.63, 3.8) is 0 Å². The zero-order valence-electron chi connectivity index (χ0n) is 11.5. The molecule has 1 atom stereocenters. The third kappa shape index (κ3) is 3.74. The van der Waals surface area contributed by atoms with Crippen molar-refractivity contribution < 1.29 is 23.9 Å². The van der Waals surface area contributed by atoms with Crippen LogP contribution in [0, 0.1) is 0 Å². The van der Waals surface area contributed by atoms with E-state index in [1.807, 2.05) is 0 Å². The summed E-state index contributed by atoms with van der Waals surface area (Å²) in [6, 6.07) is 2.42. The smallest absolute Gasteiger partial charge is 0.337 e. The van der Waals surface area contributed by atoms with Crippen LogP contribution in [-0.4, -0.2) is 35.6 Å². The highest BCUT2D eigenvalue weighted by Gasteiger charge is 2.39. The van der Waals surface area contributed by atoms with E-state index in [0.29, 0.717) is 0 Å². The standard InChI is InChI=1S/C13H17N3O5/c1-13(11(18)19,9-3-2-6-21-9)16-12(20)14-7-10(17)15-8-4-5-8/h2-3,6,8H,4-5,7H2,1H3,(H,15,17)(H,18,19)(H2,14,16,20). The molecule has 0 aliphatic heterocycles. The Morgan fingerprint density at radius 3 is 2.67 bits per heavy atom. The van der Waals surface area contributed by atoms with Crippen molar-refractivity contribution in [2.75, 3.05) is 6.54 Å². The fourth-order valence-corrected chi connectivity index (χ4v) is 1.72. The predicted octanol–water partition coefficient (Wildman–Crippen LogP) is 0.157. The Balaban J connectivity index is 1.89. The van der Waals surface area contributed by atoms with Gasteiger partial charge in [0.1, 0.15) is 5.76 Å². The predicted molar refractivity (Wildman–Crippen MR) is 71.4 cm³/mol. The Morgan fingerprint density at radius 2 is 2.14 bits per heavy atom. The molecule has 8 heteroatoms. The van der Waals surface area contributed by atoms with Crippen LogP contribution in [0.15, 0.2) is 22.8 Å². The van der Waals surface area contributed by atoms with Crippen molar-refractivity contribution in [2.24, 2.45) is 0 Å². The number of furan rings is 1. The van der Waals surface area contributed by atoms with Gasteiger partial charge in [-0.1, -0.05) is 0 Å². The average Bonchev–Trinajstić information content (AvgIpc) is 3.06. The summed E-state index contributed by atoms with van der Waals surface area (Å²) < 4.78 is 5.04. The number of urea groups is 1. The van der Waals surface area contributed by atoms with E-state index in [1.54, 1.807) is 0 Å². The van der Waals surface area contributed by atoms with Crippen molar-refractivity contribution in [3.8, 4) is 0 Å². The number of nitrogens with one attached hydrogen (secondary N) is 3. The number of carboxylic acids is 1. The molecule has 1 aliphatic carbocycles. The molecule has 21 heavy (non-hydrogen) atoms. The molecule has 0 bridgehead atoms. The largest absolute Gasteiger partial charge is 0.479 e. The second-order valence-electron chi connectivity index (χ2n) is 5.06. The lowest BCUT2D eigenvalue weighted by Crippen LogP contribution is -2.54. The third-order valence-corrected chi connectivity index (χ3v) is 3.16. The molecule has 0 aromatic carbocycles. The number of aliphatic carboxylic acids is 1. The summed E-state index contributed by atoms with van der Waals surface area (Å²) in [5.74, 6) is -1.48. The summed E-state index contributed by atoms with van der Waals surface area (Å²) in [5, 5.41) is 16.6. The van der Waals surface area contributed by atoms with Crippen LogP contribution in [0.2, 0.25) is 0 Å². The molecule has 0 spiro atoms. The minimum Gasteiger partial charge on any atom is -0.479 e. The van der Waals surface area contributed by atoms with Gasteiger partial charge < -0.3 is 25.5 Å². The molecule has 1 aromatic heterocycles. The van der Waals surface area contributed by atoms with Gasteiger partial charge in [0.25, 0.3) is 0 Å². The number of hydrogen-bond donors (Lipinski definition) is 4. The van der Waals surface area contributed by atoms with Crippen LogP contribution < -0.4 is 16.0 Å². The second kappa shape index (κ2) is 5.86. The zero-order valence-corrected chi connectivity index (χ0v) is 11.5. The van der Waals surface area contributed by atoms with Crippen LogP contribution in [0.1, 0.15) is 25.5 Å². The summed E-state index contributed by atoms with van der Waals surface area (Å²) in [5.41, 5.74) is -1.71. The lowest BCUT2D eigenvalue weighted by Gasteiger charge is -2.24. The van der Waals surface area contributed by atoms with Gasteiger partial charge in [-0.2, -0.15) is 0 Å². The minimum absolute atomic E-state index is 0.0904. The molecular formula is C13H17N3O5. The molecule has 0 saturated heterocycles. The molecule has 1 aliphatic rings. The number of hydrogen-bond acceptors (Lipinski definition) is 4.